The number of hydrogen-bond donors (Lipinski definition) is 1. The maximum atomic E-state index is 12.7. The fourth-order valence-electron chi connectivity index (χ4n) is 2.67. The Balaban J connectivity index is 2.12. The quantitative estimate of drug-likeness (QED) is 0.806. The van der Waals surface area contributed by atoms with Crippen LogP contribution < -0.4 is 4.74 Å². The number of carboxylic acid groups (broad SMARTS) is 1. The van der Waals surface area contributed by atoms with Gasteiger partial charge < -0.3 is 24.2 Å². The molecule has 0 spiro atoms. The van der Waals surface area contributed by atoms with Gasteiger partial charge in [0.25, 0.3) is 5.91 Å². The normalized spacial score (nSPS) is 20.5. The molecule has 0 aromatic heterocycles. The Labute approximate surface area is 134 Å². The van der Waals surface area contributed by atoms with Crippen molar-refractivity contribution in [2.45, 2.75) is 18.6 Å². The molecule has 0 aliphatic carbocycles. The maximum Gasteiger partial charge on any atom is 0.341 e. The topological polar surface area (TPSA) is 85.3 Å². The van der Waals surface area contributed by atoms with Crippen molar-refractivity contribution >= 4 is 11.9 Å². The van der Waals surface area contributed by atoms with Crippen LogP contribution in [0, 0.1) is 0 Å². The van der Waals surface area contributed by atoms with Gasteiger partial charge in [-0.25, -0.2) is 4.79 Å². The molecule has 1 aromatic carbocycles. The molecule has 0 saturated carbocycles. The average Bonchev–Trinajstić information content (AvgIpc) is 2.96. The van der Waals surface area contributed by atoms with Crippen LogP contribution in [0.1, 0.15) is 16.8 Å². The lowest BCUT2D eigenvalue weighted by atomic mass is 10.1. The second kappa shape index (κ2) is 7.94. The number of hydrogen-bond acceptors (Lipinski definition) is 5. The largest absolute Gasteiger partial charge is 0.482 e. The predicted molar refractivity (Wildman–Crippen MR) is 81.7 cm³/mol. The number of benzene rings is 1. The van der Waals surface area contributed by atoms with Gasteiger partial charge in [0.2, 0.25) is 0 Å². The number of rotatable bonds is 7. The number of carbonyl (C=O) groups excluding carboxylic acids is 1. The summed E-state index contributed by atoms with van der Waals surface area (Å²) in [6, 6.07) is 6.48. The van der Waals surface area contributed by atoms with E-state index in [0.29, 0.717) is 24.5 Å². The number of carboxylic acids is 1. The molecule has 2 rings (SSSR count). The highest BCUT2D eigenvalue weighted by Gasteiger charge is 2.35. The van der Waals surface area contributed by atoms with E-state index in [1.54, 1.807) is 43.4 Å². The summed E-state index contributed by atoms with van der Waals surface area (Å²) < 4.78 is 15.7. The van der Waals surface area contributed by atoms with Crippen LogP contribution in [0.25, 0.3) is 0 Å². The maximum absolute atomic E-state index is 12.7. The minimum Gasteiger partial charge on any atom is -0.482 e. The Morgan fingerprint density at radius 1 is 1.35 bits per heavy atom. The number of ether oxygens (including phenoxy) is 3. The number of amides is 1. The SMILES string of the molecule is COC[C@@H]1C[C@H](OC)CN1C(=O)c1cccc(OCC(=O)O)c1. The van der Waals surface area contributed by atoms with Gasteiger partial charge in [-0.15, -0.1) is 0 Å². The third-order valence-electron chi connectivity index (χ3n) is 3.77. The number of nitrogens with zero attached hydrogens (tertiary/aromatic N) is 1. The van der Waals surface area contributed by atoms with Crippen molar-refractivity contribution in [2.24, 2.45) is 0 Å². The molecule has 1 N–H and O–H groups in total. The molecule has 1 fully saturated rings. The zero-order valence-corrected chi connectivity index (χ0v) is 13.2. The summed E-state index contributed by atoms with van der Waals surface area (Å²) in [5.74, 6) is -0.860. The first-order valence-corrected chi connectivity index (χ1v) is 7.32. The van der Waals surface area contributed by atoms with Gasteiger partial charge >= 0.3 is 5.97 Å². The lowest BCUT2D eigenvalue weighted by Gasteiger charge is -2.24. The van der Waals surface area contributed by atoms with E-state index in [0.717, 1.165) is 6.42 Å². The van der Waals surface area contributed by atoms with Gasteiger partial charge in [0, 0.05) is 26.3 Å². The van der Waals surface area contributed by atoms with E-state index in [2.05, 4.69) is 0 Å². The third kappa shape index (κ3) is 4.43. The van der Waals surface area contributed by atoms with E-state index in [4.69, 9.17) is 19.3 Å². The summed E-state index contributed by atoms with van der Waals surface area (Å²) >= 11 is 0. The molecule has 1 aromatic rings. The molecule has 7 heteroatoms. The fourth-order valence-corrected chi connectivity index (χ4v) is 2.67. The summed E-state index contributed by atoms with van der Waals surface area (Å²) in [7, 11) is 3.23. The van der Waals surface area contributed by atoms with Crippen LogP contribution in [-0.4, -0.2) is 68.0 Å². The Kier molecular flexibility index (Phi) is 5.95. The van der Waals surface area contributed by atoms with Crippen LogP contribution >= 0.6 is 0 Å². The average molecular weight is 323 g/mol. The summed E-state index contributed by atoms with van der Waals surface area (Å²) in [4.78, 5) is 25.0. The Hall–Kier alpha value is -2.12. The van der Waals surface area contributed by atoms with Crippen LogP contribution in [0.2, 0.25) is 0 Å². The number of carbonyl (C=O) groups is 2. The molecule has 1 heterocycles. The highest BCUT2D eigenvalue weighted by atomic mass is 16.5. The summed E-state index contributed by atoms with van der Waals surface area (Å²) in [5, 5.41) is 8.65. The van der Waals surface area contributed by atoms with E-state index in [1.165, 1.54) is 0 Å². The minimum atomic E-state index is -1.07. The van der Waals surface area contributed by atoms with Gasteiger partial charge in [0.1, 0.15) is 5.75 Å². The van der Waals surface area contributed by atoms with Crippen molar-refractivity contribution in [1.29, 1.82) is 0 Å². The molecule has 1 saturated heterocycles. The van der Waals surface area contributed by atoms with Gasteiger partial charge in [-0.2, -0.15) is 0 Å². The molecule has 7 nitrogen and oxygen atoms in total. The van der Waals surface area contributed by atoms with Crippen LogP contribution in [-0.2, 0) is 14.3 Å². The zero-order valence-electron chi connectivity index (χ0n) is 13.2. The van der Waals surface area contributed by atoms with Crippen molar-refractivity contribution in [3.05, 3.63) is 29.8 Å². The Bertz CT molecular complexity index is 561. The standard InChI is InChI=1S/C16H21NO6/c1-21-9-12-7-14(22-2)8-17(12)16(20)11-4-3-5-13(6-11)23-10-15(18)19/h3-6,12,14H,7-10H2,1-2H3,(H,18,19)/t12-,14-/m0/s1. The van der Waals surface area contributed by atoms with E-state index >= 15 is 0 Å². The first-order valence-electron chi connectivity index (χ1n) is 7.32. The second-order valence-electron chi connectivity index (χ2n) is 5.37. The molecular formula is C16H21NO6. The Morgan fingerprint density at radius 2 is 2.13 bits per heavy atom. The minimum absolute atomic E-state index is 0.00876. The molecule has 1 aliphatic rings. The first-order chi connectivity index (χ1) is 11.0. The predicted octanol–water partition coefficient (Wildman–Crippen LogP) is 1.03. The molecule has 0 bridgehead atoms. The van der Waals surface area contributed by atoms with Crippen LogP contribution in [0.3, 0.4) is 0 Å². The van der Waals surface area contributed by atoms with Crippen molar-refractivity contribution in [3.63, 3.8) is 0 Å². The molecule has 0 radical (unpaired) electrons. The third-order valence-corrected chi connectivity index (χ3v) is 3.77. The summed E-state index contributed by atoms with van der Waals surface area (Å²) in [6.45, 7) is 0.504. The van der Waals surface area contributed by atoms with Gasteiger partial charge in [-0.3, -0.25) is 4.79 Å². The van der Waals surface area contributed by atoms with E-state index in [1.807, 2.05) is 0 Å². The second-order valence-corrected chi connectivity index (χ2v) is 5.37. The summed E-state index contributed by atoms with van der Waals surface area (Å²) in [6.07, 6.45) is 0.719. The van der Waals surface area contributed by atoms with E-state index in [9.17, 15) is 9.59 Å². The highest BCUT2D eigenvalue weighted by molar-refractivity contribution is 5.95. The fraction of sp³-hybridized carbons (Fsp3) is 0.500. The Morgan fingerprint density at radius 3 is 2.78 bits per heavy atom. The summed E-state index contributed by atoms with van der Waals surface area (Å²) in [5.41, 5.74) is 0.450. The van der Waals surface area contributed by atoms with Crippen LogP contribution in [0.4, 0.5) is 0 Å². The molecule has 1 aliphatic heterocycles. The molecule has 23 heavy (non-hydrogen) atoms. The van der Waals surface area contributed by atoms with Gasteiger partial charge in [-0.05, 0) is 24.6 Å². The number of aliphatic carboxylic acids is 1. The number of methoxy groups -OCH3 is 2. The van der Waals surface area contributed by atoms with Crippen molar-refractivity contribution in [3.8, 4) is 5.75 Å². The highest BCUT2D eigenvalue weighted by Crippen LogP contribution is 2.24. The van der Waals surface area contributed by atoms with Crippen LogP contribution in [0.15, 0.2) is 24.3 Å². The lowest BCUT2D eigenvalue weighted by molar-refractivity contribution is -0.139. The van der Waals surface area contributed by atoms with Crippen molar-refractivity contribution < 1.29 is 28.9 Å². The van der Waals surface area contributed by atoms with Gasteiger partial charge in [0.05, 0.1) is 18.8 Å². The zero-order chi connectivity index (χ0) is 16.8. The molecular weight excluding hydrogens is 302 g/mol. The first kappa shape index (κ1) is 17.2. The molecule has 0 unspecified atom stereocenters. The monoisotopic (exact) mass is 323 g/mol. The molecule has 1 amide bonds. The molecule has 126 valence electrons. The molecule has 2 atom stereocenters. The van der Waals surface area contributed by atoms with E-state index in [-0.39, 0.29) is 18.1 Å². The van der Waals surface area contributed by atoms with Crippen molar-refractivity contribution in [2.75, 3.05) is 34.0 Å². The number of likely N-dealkylation sites (tertiary alicyclic amines) is 1. The van der Waals surface area contributed by atoms with Gasteiger partial charge in [-0.1, -0.05) is 6.07 Å². The lowest BCUT2D eigenvalue weighted by Crippen LogP contribution is -2.38. The van der Waals surface area contributed by atoms with Gasteiger partial charge in [0.15, 0.2) is 6.61 Å². The van der Waals surface area contributed by atoms with Crippen molar-refractivity contribution in [1.82, 2.24) is 4.90 Å². The van der Waals surface area contributed by atoms with Crippen LogP contribution in [0.5, 0.6) is 5.75 Å². The smallest absolute Gasteiger partial charge is 0.341 e. The van der Waals surface area contributed by atoms with E-state index < -0.39 is 12.6 Å².